The standard InChI is InChI=1S/C10H12ClF2NO/c11-5-9(15)6-14-8-3-1-7(2-4-8)10(12)13/h1-4,9-10,14-15H,5-6H2. The van der Waals surface area contributed by atoms with E-state index in [1.165, 1.54) is 12.1 Å². The average molecular weight is 236 g/mol. The summed E-state index contributed by atoms with van der Waals surface area (Å²) in [6, 6.07) is 5.78. The molecule has 0 heterocycles. The zero-order chi connectivity index (χ0) is 11.3. The Morgan fingerprint density at radius 3 is 2.33 bits per heavy atom. The average Bonchev–Trinajstić information content (AvgIpc) is 2.26. The molecule has 1 unspecified atom stereocenters. The molecule has 0 saturated carbocycles. The van der Waals surface area contributed by atoms with Crippen molar-refractivity contribution in [1.29, 1.82) is 0 Å². The van der Waals surface area contributed by atoms with E-state index in [9.17, 15) is 8.78 Å². The molecule has 0 amide bonds. The molecular weight excluding hydrogens is 224 g/mol. The number of anilines is 1. The van der Waals surface area contributed by atoms with Crippen molar-refractivity contribution in [3.8, 4) is 0 Å². The van der Waals surface area contributed by atoms with Crippen molar-refractivity contribution in [1.82, 2.24) is 0 Å². The maximum atomic E-state index is 12.2. The Morgan fingerprint density at radius 2 is 1.87 bits per heavy atom. The van der Waals surface area contributed by atoms with E-state index in [4.69, 9.17) is 16.7 Å². The molecule has 1 aromatic rings. The molecule has 1 aromatic carbocycles. The molecule has 0 fully saturated rings. The van der Waals surface area contributed by atoms with Crippen molar-refractivity contribution >= 4 is 17.3 Å². The molecular formula is C10H12ClF2NO. The van der Waals surface area contributed by atoms with E-state index in [2.05, 4.69) is 5.32 Å². The number of aliphatic hydroxyl groups excluding tert-OH is 1. The molecule has 0 radical (unpaired) electrons. The summed E-state index contributed by atoms with van der Waals surface area (Å²) >= 11 is 5.40. The van der Waals surface area contributed by atoms with Gasteiger partial charge in [-0.3, -0.25) is 0 Å². The van der Waals surface area contributed by atoms with Gasteiger partial charge in [0.25, 0.3) is 6.43 Å². The van der Waals surface area contributed by atoms with Gasteiger partial charge in [-0.1, -0.05) is 12.1 Å². The van der Waals surface area contributed by atoms with E-state index >= 15 is 0 Å². The predicted octanol–water partition coefficient (Wildman–Crippen LogP) is 2.64. The summed E-state index contributed by atoms with van der Waals surface area (Å²) in [6.45, 7) is 0.303. The number of alkyl halides is 3. The molecule has 0 spiro atoms. The van der Waals surface area contributed by atoms with Gasteiger partial charge in [0.2, 0.25) is 0 Å². The Bertz CT molecular complexity index is 292. The van der Waals surface area contributed by atoms with E-state index in [1.54, 1.807) is 12.1 Å². The van der Waals surface area contributed by atoms with Crippen LogP contribution in [0.15, 0.2) is 24.3 Å². The fourth-order valence-corrected chi connectivity index (χ4v) is 1.15. The Hall–Kier alpha value is -0.870. The Kier molecular flexibility index (Phi) is 4.78. The second kappa shape index (κ2) is 5.88. The lowest BCUT2D eigenvalue weighted by Gasteiger charge is -2.10. The first-order chi connectivity index (χ1) is 7.13. The predicted molar refractivity (Wildman–Crippen MR) is 56.6 cm³/mol. The van der Waals surface area contributed by atoms with Gasteiger partial charge in [-0.2, -0.15) is 0 Å². The molecule has 1 atom stereocenters. The van der Waals surface area contributed by atoms with E-state index in [-0.39, 0.29) is 11.4 Å². The fourth-order valence-electron chi connectivity index (χ4n) is 1.04. The van der Waals surface area contributed by atoms with Gasteiger partial charge in [-0.25, -0.2) is 8.78 Å². The highest BCUT2D eigenvalue weighted by atomic mass is 35.5. The number of hydrogen-bond acceptors (Lipinski definition) is 2. The molecule has 0 aromatic heterocycles. The molecule has 0 saturated heterocycles. The molecule has 84 valence electrons. The van der Waals surface area contributed by atoms with Crippen LogP contribution in [-0.4, -0.2) is 23.6 Å². The van der Waals surface area contributed by atoms with Crippen LogP contribution >= 0.6 is 11.6 Å². The number of hydrogen-bond donors (Lipinski definition) is 2. The van der Waals surface area contributed by atoms with Gasteiger partial charge in [0.05, 0.1) is 12.0 Å². The third-order valence-corrected chi connectivity index (χ3v) is 2.24. The van der Waals surface area contributed by atoms with Crippen LogP contribution in [0.5, 0.6) is 0 Å². The fraction of sp³-hybridized carbons (Fsp3) is 0.400. The third-order valence-electron chi connectivity index (χ3n) is 1.88. The van der Waals surface area contributed by atoms with Crippen LogP contribution in [0.25, 0.3) is 0 Å². The van der Waals surface area contributed by atoms with Crippen LogP contribution in [0, 0.1) is 0 Å². The van der Waals surface area contributed by atoms with Gasteiger partial charge in [-0.05, 0) is 12.1 Å². The minimum absolute atomic E-state index is 0.0153. The normalized spacial score (nSPS) is 12.9. The van der Waals surface area contributed by atoms with Crippen molar-refractivity contribution in [3.05, 3.63) is 29.8 Å². The molecule has 2 N–H and O–H groups in total. The van der Waals surface area contributed by atoms with Crippen molar-refractivity contribution in [2.24, 2.45) is 0 Å². The van der Waals surface area contributed by atoms with E-state index in [1.807, 2.05) is 0 Å². The largest absolute Gasteiger partial charge is 0.390 e. The summed E-state index contributed by atoms with van der Waals surface area (Å²) in [5.74, 6) is 0.141. The van der Waals surface area contributed by atoms with Crippen LogP contribution in [-0.2, 0) is 0 Å². The monoisotopic (exact) mass is 235 g/mol. The summed E-state index contributed by atoms with van der Waals surface area (Å²) < 4.78 is 24.4. The van der Waals surface area contributed by atoms with Crippen LogP contribution in [0.1, 0.15) is 12.0 Å². The summed E-state index contributed by atoms with van der Waals surface area (Å²) in [7, 11) is 0. The van der Waals surface area contributed by atoms with E-state index in [0.29, 0.717) is 12.2 Å². The molecule has 15 heavy (non-hydrogen) atoms. The van der Waals surface area contributed by atoms with Gasteiger partial charge in [0.1, 0.15) is 0 Å². The SMILES string of the molecule is OC(CCl)CNc1ccc(C(F)F)cc1. The van der Waals surface area contributed by atoms with E-state index < -0.39 is 12.5 Å². The molecule has 0 aliphatic heterocycles. The highest BCUT2D eigenvalue weighted by molar-refractivity contribution is 6.18. The van der Waals surface area contributed by atoms with Crippen LogP contribution in [0.2, 0.25) is 0 Å². The number of nitrogens with one attached hydrogen (secondary N) is 1. The molecule has 0 bridgehead atoms. The van der Waals surface area contributed by atoms with E-state index in [0.717, 1.165) is 0 Å². The van der Waals surface area contributed by atoms with Gasteiger partial charge in [0.15, 0.2) is 0 Å². The van der Waals surface area contributed by atoms with Crippen molar-refractivity contribution < 1.29 is 13.9 Å². The summed E-state index contributed by atoms with van der Waals surface area (Å²) in [5.41, 5.74) is 0.669. The maximum absolute atomic E-state index is 12.2. The topological polar surface area (TPSA) is 32.3 Å². The first-order valence-corrected chi connectivity index (χ1v) is 5.03. The Labute approximate surface area is 91.9 Å². The Morgan fingerprint density at radius 1 is 1.27 bits per heavy atom. The molecule has 2 nitrogen and oxygen atoms in total. The minimum Gasteiger partial charge on any atom is -0.390 e. The molecule has 1 rings (SSSR count). The summed E-state index contributed by atoms with van der Waals surface area (Å²) in [4.78, 5) is 0. The second-order valence-electron chi connectivity index (χ2n) is 3.11. The number of rotatable bonds is 5. The van der Waals surface area contributed by atoms with Crippen molar-refractivity contribution in [3.63, 3.8) is 0 Å². The zero-order valence-corrected chi connectivity index (χ0v) is 8.72. The van der Waals surface area contributed by atoms with Crippen LogP contribution in [0.4, 0.5) is 14.5 Å². The molecule has 0 aliphatic carbocycles. The maximum Gasteiger partial charge on any atom is 0.263 e. The lowest BCUT2D eigenvalue weighted by molar-refractivity contribution is 0.151. The number of benzene rings is 1. The highest BCUT2D eigenvalue weighted by Crippen LogP contribution is 2.20. The zero-order valence-electron chi connectivity index (χ0n) is 7.96. The Balaban J connectivity index is 2.50. The summed E-state index contributed by atoms with van der Waals surface area (Å²) in [5, 5.41) is 12.0. The van der Waals surface area contributed by atoms with Crippen molar-refractivity contribution in [2.75, 3.05) is 17.7 Å². The van der Waals surface area contributed by atoms with Gasteiger partial charge in [0, 0.05) is 17.8 Å². The van der Waals surface area contributed by atoms with Crippen LogP contribution < -0.4 is 5.32 Å². The smallest absolute Gasteiger partial charge is 0.263 e. The third kappa shape index (κ3) is 4.01. The van der Waals surface area contributed by atoms with Crippen molar-refractivity contribution in [2.45, 2.75) is 12.5 Å². The first kappa shape index (κ1) is 12.2. The number of aliphatic hydroxyl groups is 1. The van der Waals surface area contributed by atoms with Gasteiger partial charge < -0.3 is 10.4 Å². The molecule has 5 heteroatoms. The van der Waals surface area contributed by atoms with Gasteiger partial charge in [-0.15, -0.1) is 11.6 Å². The minimum atomic E-state index is -2.45. The first-order valence-electron chi connectivity index (χ1n) is 4.49. The quantitative estimate of drug-likeness (QED) is 0.769. The van der Waals surface area contributed by atoms with Crippen LogP contribution in [0.3, 0.4) is 0 Å². The van der Waals surface area contributed by atoms with Gasteiger partial charge >= 0.3 is 0 Å². The highest BCUT2D eigenvalue weighted by Gasteiger charge is 2.06. The molecule has 0 aliphatic rings. The number of halogens is 3. The second-order valence-corrected chi connectivity index (χ2v) is 3.42. The lowest BCUT2D eigenvalue weighted by Crippen LogP contribution is -2.20. The summed E-state index contributed by atoms with van der Waals surface area (Å²) in [6.07, 6.45) is -3.09. The lowest BCUT2D eigenvalue weighted by atomic mass is 10.2.